The number of unbranched alkanes of at least 4 members (excludes halogenated alkanes) is 2. The molecule has 0 saturated heterocycles. The maximum Gasteiger partial charge on any atom is 0.289 e. The van der Waals surface area contributed by atoms with Crippen molar-refractivity contribution >= 4 is 5.91 Å². The predicted molar refractivity (Wildman–Crippen MR) is 69.2 cm³/mol. The second-order valence-electron chi connectivity index (χ2n) is 4.41. The lowest BCUT2D eigenvalue weighted by Gasteiger charge is -2.21. The van der Waals surface area contributed by atoms with Gasteiger partial charge in [-0.15, -0.1) is 0 Å². The summed E-state index contributed by atoms with van der Waals surface area (Å²) in [6.45, 7) is 7.79. The molecule has 0 aliphatic carbocycles. The van der Waals surface area contributed by atoms with Gasteiger partial charge in [-0.2, -0.15) is 0 Å². The van der Waals surface area contributed by atoms with Gasteiger partial charge in [0.05, 0.1) is 0 Å². The fraction of sp³-hybridized carbons (Fsp3) is 0.643. The molecule has 0 aromatic carbocycles. The van der Waals surface area contributed by atoms with Crippen LogP contribution in [0.5, 0.6) is 0 Å². The molecule has 17 heavy (non-hydrogen) atoms. The SMILES string of the molecule is CCCCN(CCCC)C(=O)c1ccc(C)o1. The molecule has 0 fully saturated rings. The number of hydrogen-bond donors (Lipinski definition) is 0. The van der Waals surface area contributed by atoms with Crippen LogP contribution in [0.25, 0.3) is 0 Å². The van der Waals surface area contributed by atoms with Gasteiger partial charge >= 0.3 is 0 Å². The minimum absolute atomic E-state index is 0.0278. The highest BCUT2D eigenvalue weighted by atomic mass is 16.3. The Morgan fingerprint density at radius 2 is 1.76 bits per heavy atom. The number of furan rings is 1. The first-order valence-electron chi connectivity index (χ1n) is 6.54. The van der Waals surface area contributed by atoms with Crippen molar-refractivity contribution < 1.29 is 9.21 Å². The van der Waals surface area contributed by atoms with Gasteiger partial charge in [0.1, 0.15) is 5.76 Å². The first-order valence-corrected chi connectivity index (χ1v) is 6.54. The topological polar surface area (TPSA) is 33.5 Å². The standard InChI is InChI=1S/C14H23NO2/c1-4-6-10-15(11-7-5-2)14(16)13-9-8-12(3)17-13/h8-9H,4-7,10-11H2,1-3H3. The Balaban J connectivity index is 2.64. The Morgan fingerprint density at radius 1 is 1.18 bits per heavy atom. The van der Waals surface area contributed by atoms with E-state index in [1.807, 2.05) is 17.9 Å². The van der Waals surface area contributed by atoms with Crippen LogP contribution < -0.4 is 0 Å². The third-order valence-corrected chi connectivity index (χ3v) is 2.80. The second-order valence-corrected chi connectivity index (χ2v) is 4.41. The fourth-order valence-electron chi connectivity index (χ4n) is 1.72. The van der Waals surface area contributed by atoms with Crippen molar-refractivity contribution in [1.82, 2.24) is 4.90 Å². The van der Waals surface area contributed by atoms with Gasteiger partial charge in [-0.3, -0.25) is 4.79 Å². The Bertz CT molecular complexity index is 336. The molecule has 1 aromatic rings. The minimum atomic E-state index is 0.0278. The highest BCUT2D eigenvalue weighted by Crippen LogP contribution is 2.11. The highest BCUT2D eigenvalue weighted by molar-refractivity contribution is 5.91. The molecule has 3 heteroatoms. The molecule has 1 rings (SSSR count). The zero-order valence-corrected chi connectivity index (χ0v) is 11.2. The van der Waals surface area contributed by atoms with E-state index in [0.717, 1.165) is 44.5 Å². The molecule has 0 atom stereocenters. The van der Waals surface area contributed by atoms with E-state index in [1.165, 1.54) is 0 Å². The van der Waals surface area contributed by atoms with Gasteiger partial charge in [-0.1, -0.05) is 26.7 Å². The van der Waals surface area contributed by atoms with E-state index in [4.69, 9.17) is 4.42 Å². The third kappa shape index (κ3) is 4.25. The molecule has 1 aromatic heterocycles. The maximum atomic E-state index is 12.2. The van der Waals surface area contributed by atoms with Gasteiger partial charge in [0.2, 0.25) is 0 Å². The minimum Gasteiger partial charge on any atom is -0.456 e. The molecule has 0 aliphatic heterocycles. The smallest absolute Gasteiger partial charge is 0.289 e. The number of rotatable bonds is 7. The quantitative estimate of drug-likeness (QED) is 0.725. The molecular weight excluding hydrogens is 214 g/mol. The van der Waals surface area contributed by atoms with Gasteiger partial charge in [-0.25, -0.2) is 0 Å². The van der Waals surface area contributed by atoms with Gasteiger partial charge in [0, 0.05) is 13.1 Å². The number of amides is 1. The summed E-state index contributed by atoms with van der Waals surface area (Å²) >= 11 is 0. The second kappa shape index (κ2) is 7.15. The van der Waals surface area contributed by atoms with Crippen LogP contribution in [0, 0.1) is 6.92 Å². The lowest BCUT2D eigenvalue weighted by atomic mass is 10.2. The lowest BCUT2D eigenvalue weighted by Crippen LogP contribution is -2.32. The summed E-state index contributed by atoms with van der Waals surface area (Å²) < 4.78 is 5.39. The summed E-state index contributed by atoms with van der Waals surface area (Å²) in [6, 6.07) is 3.60. The molecular formula is C14H23NO2. The van der Waals surface area contributed by atoms with Crippen molar-refractivity contribution in [3.63, 3.8) is 0 Å². The van der Waals surface area contributed by atoms with Crippen molar-refractivity contribution in [1.29, 1.82) is 0 Å². The Labute approximate surface area is 104 Å². The first kappa shape index (κ1) is 13.8. The molecule has 1 amide bonds. The maximum absolute atomic E-state index is 12.2. The lowest BCUT2D eigenvalue weighted by molar-refractivity contribution is 0.0717. The molecule has 0 N–H and O–H groups in total. The van der Waals surface area contributed by atoms with E-state index in [1.54, 1.807) is 6.07 Å². The summed E-state index contributed by atoms with van der Waals surface area (Å²) in [4.78, 5) is 14.1. The highest BCUT2D eigenvalue weighted by Gasteiger charge is 2.17. The first-order chi connectivity index (χ1) is 8.19. The van der Waals surface area contributed by atoms with E-state index in [9.17, 15) is 4.79 Å². The van der Waals surface area contributed by atoms with Crippen LogP contribution in [0.3, 0.4) is 0 Å². The Kier molecular flexibility index (Phi) is 5.81. The van der Waals surface area contributed by atoms with E-state index in [0.29, 0.717) is 5.76 Å². The molecule has 0 saturated carbocycles. The van der Waals surface area contributed by atoms with E-state index in [2.05, 4.69) is 13.8 Å². The monoisotopic (exact) mass is 237 g/mol. The van der Waals surface area contributed by atoms with Crippen LogP contribution in [0.1, 0.15) is 55.8 Å². The molecule has 0 radical (unpaired) electrons. The molecule has 96 valence electrons. The zero-order chi connectivity index (χ0) is 12.7. The van der Waals surface area contributed by atoms with Crippen molar-refractivity contribution in [3.05, 3.63) is 23.7 Å². The molecule has 0 unspecified atom stereocenters. The zero-order valence-electron chi connectivity index (χ0n) is 11.2. The number of carbonyl (C=O) groups excluding carboxylic acids is 1. The van der Waals surface area contributed by atoms with E-state index >= 15 is 0 Å². The number of aryl methyl sites for hydroxylation is 1. The number of hydrogen-bond acceptors (Lipinski definition) is 2. The molecule has 1 heterocycles. The van der Waals surface area contributed by atoms with Crippen molar-refractivity contribution in [2.75, 3.05) is 13.1 Å². The van der Waals surface area contributed by atoms with Crippen LogP contribution >= 0.6 is 0 Å². The summed E-state index contributed by atoms with van der Waals surface area (Å²) in [5, 5.41) is 0. The normalized spacial score (nSPS) is 10.5. The predicted octanol–water partition coefficient (Wildman–Crippen LogP) is 3.63. The Morgan fingerprint density at radius 3 is 2.18 bits per heavy atom. The van der Waals surface area contributed by atoms with Crippen LogP contribution in [0.4, 0.5) is 0 Å². The summed E-state index contributed by atoms with van der Waals surface area (Å²) in [6.07, 6.45) is 4.31. The summed E-state index contributed by atoms with van der Waals surface area (Å²) in [7, 11) is 0. The third-order valence-electron chi connectivity index (χ3n) is 2.80. The molecule has 0 spiro atoms. The average Bonchev–Trinajstić information content (AvgIpc) is 2.75. The Hall–Kier alpha value is -1.25. The van der Waals surface area contributed by atoms with Crippen LogP contribution in [-0.4, -0.2) is 23.9 Å². The fourth-order valence-corrected chi connectivity index (χ4v) is 1.72. The van der Waals surface area contributed by atoms with Crippen molar-refractivity contribution in [2.24, 2.45) is 0 Å². The van der Waals surface area contributed by atoms with Gasteiger partial charge < -0.3 is 9.32 Å². The van der Waals surface area contributed by atoms with Gasteiger partial charge in [0.25, 0.3) is 5.91 Å². The van der Waals surface area contributed by atoms with Gasteiger partial charge in [-0.05, 0) is 31.9 Å². The summed E-state index contributed by atoms with van der Waals surface area (Å²) in [5.74, 6) is 1.29. The van der Waals surface area contributed by atoms with E-state index < -0.39 is 0 Å². The van der Waals surface area contributed by atoms with E-state index in [-0.39, 0.29) is 5.91 Å². The average molecular weight is 237 g/mol. The van der Waals surface area contributed by atoms with Crippen molar-refractivity contribution in [2.45, 2.75) is 46.5 Å². The summed E-state index contributed by atoms with van der Waals surface area (Å²) in [5.41, 5.74) is 0. The van der Waals surface area contributed by atoms with Gasteiger partial charge in [0.15, 0.2) is 5.76 Å². The van der Waals surface area contributed by atoms with Crippen LogP contribution in [0.2, 0.25) is 0 Å². The van der Waals surface area contributed by atoms with Crippen LogP contribution in [0.15, 0.2) is 16.5 Å². The molecule has 0 aliphatic rings. The molecule has 0 bridgehead atoms. The largest absolute Gasteiger partial charge is 0.456 e. The van der Waals surface area contributed by atoms with Crippen LogP contribution in [-0.2, 0) is 0 Å². The number of carbonyl (C=O) groups is 1. The number of nitrogens with zero attached hydrogens (tertiary/aromatic N) is 1. The van der Waals surface area contributed by atoms with Crippen molar-refractivity contribution in [3.8, 4) is 0 Å². The molecule has 3 nitrogen and oxygen atoms in total.